The summed E-state index contributed by atoms with van der Waals surface area (Å²) in [4.78, 5) is 15.3. The number of alkyl halides is 1. The normalized spacial score (nSPS) is 16.8. The largest absolute Gasteiger partial charge is 0.304 e. The molecule has 1 aliphatic rings. The standard InChI is InChI=1S/C13H18N2O.CH3F/c1-14-6-8-15(9-7-14)10-12-2-4-13(11-16)5-3-12;1-2/h2-5,11H,6-10H2,1H3;1H3. The van der Waals surface area contributed by atoms with Crippen molar-refractivity contribution in [3.63, 3.8) is 0 Å². The van der Waals surface area contributed by atoms with E-state index >= 15 is 0 Å². The van der Waals surface area contributed by atoms with Crippen molar-refractivity contribution < 1.29 is 9.18 Å². The van der Waals surface area contributed by atoms with Gasteiger partial charge in [0.1, 0.15) is 6.29 Å². The van der Waals surface area contributed by atoms with Gasteiger partial charge in [-0.3, -0.25) is 14.1 Å². The lowest BCUT2D eigenvalue weighted by Gasteiger charge is -2.32. The van der Waals surface area contributed by atoms with Gasteiger partial charge in [-0.2, -0.15) is 0 Å². The third kappa shape index (κ3) is 4.55. The minimum absolute atomic E-state index is 0.500. The zero-order valence-corrected chi connectivity index (χ0v) is 11.1. The van der Waals surface area contributed by atoms with Crippen molar-refractivity contribution in [2.75, 3.05) is 40.4 Å². The van der Waals surface area contributed by atoms with E-state index in [-0.39, 0.29) is 0 Å². The molecular weight excluding hydrogens is 231 g/mol. The van der Waals surface area contributed by atoms with Gasteiger partial charge in [0, 0.05) is 38.3 Å². The Morgan fingerprint density at radius 1 is 1.11 bits per heavy atom. The van der Waals surface area contributed by atoms with Gasteiger partial charge in [0.05, 0.1) is 7.18 Å². The Morgan fingerprint density at radius 3 is 2.17 bits per heavy atom. The number of likely N-dealkylation sites (N-methyl/N-ethyl adjacent to an activating group) is 1. The molecule has 0 aromatic heterocycles. The molecule has 0 radical (unpaired) electrons. The van der Waals surface area contributed by atoms with E-state index in [9.17, 15) is 9.18 Å². The number of hydrogen-bond acceptors (Lipinski definition) is 3. The second-order valence-electron chi connectivity index (χ2n) is 4.44. The molecule has 1 saturated heterocycles. The van der Waals surface area contributed by atoms with Crippen LogP contribution in [0.2, 0.25) is 0 Å². The first kappa shape index (κ1) is 14.8. The summed E-state index contributed by atoms with van der Waals surface area (Å²) in [6.07, 6.45) is 0.889. The van der Waals surface area contributed by atoms with Crippen LogP contribution in [0.5, 0.6) is 0 Å². The molecule has 0 aliphatic carbocycles. The molecule has 0 atom stereocenters. The first-order valence-electron chi connectivity index (χ1n) is 6.11. The van der Waals surface area contributed by atoms with Crippen molar-refractivity contribution in [3.05, 3.63) is 35.4 Å². The number of nitrogens with zero attached hydrogens (tertiary/aromatic N) is 2. The molecule has 100 valence electrons. The summed E-state index contributed by atoms with van der Waals surface area (Å²) < 4.78 is 9.50. The van der Waals surface area contributed by atoms with Crippen LogP contribution >= 0.6 is 0 Å². The highest BCUT2D eigenvalue weighted by atomic mass is 19.1. The quantitative estimate of drug-likeness (QED) is 0.767. The van der Waals surface area contributed by atoms with Crippen LogP contribution in [0.1, 0.15) is 15.9 Å². The van der Waals surface area contributed by atoms with Crippen LogP contribution in [-0.2, 0) is 6.54 Å². The fraction of sp³-hybridized carbons (Fsp3) is 0.500. The molecule has 0 amide bonds. The van der Waals surface area contributed by atoms with E-state index in [4.69, 9.17) is 0 Å². The third-order valence-corrected chi connectivity index (χ3v) is 3.12. The second kappa shape index (κ2) is 7.95. The molecule has 0 N–H and O–H groups in total. The van der Waals surface area contributed by atoms with Crippen LogP contribution < -0.4 is 0 Å². The maximum Gasteiger partial charge on any atom is 0.150 e. The van der Waals surface area contributed by atoms with E-state index in [1.54, 1.807) is 0 Å². The van der Waals surface area contributed by atoms with Gasteiger partial charge in [0.2, 0.25) is 0 Å². The van der Waals surface area contributed by atoms with E-state index < -0.39 is 0 Å². The van der Waals surface area contributed by atoms with Gasteiger partial charge in [-0.05, 0) is 12.6 Å². The van der Waals surface area contributed by atoms with Crippen molar-refractivity contribution in [2.24, 2.45) is 0 Å². The van der Waals surface area contributed by atoms with Crippen LogP contribution in [0.3, 0.4) is 0 Å². The van der Waals surface area contributed by atoms with Crippen molar-refractivity contribution in [1.82, 2.24) is 9.80 Å². The van der Waals surface area contributed by atoms with Crippen LogP contribution in [0.15, 0.2) is 24.3 Å². The van der Waals surface area contributed by atoms with Crippen molar-refractivity contribution in [1.29, 1.82) is 0 Å². The second-order valence-corrected chi connectivity index (χ2v) is 4.44. The van der Waals surface area contributed by atoms with Crippen molar-refractivity contribution in [3.8, 4) is 0 Å². The lowest BCUT2D eigenvalue weighted by Crippen LogP contribution is -2.43. The van der Waals surface area contributed by atoms with E-state index in [0.717, 1.165) is 44.6 Å². The number of halogens is 1. The molecule has 0 saturated carbocycles. The number of piperazine rings is 1. The summed E-state index contributed by atoms with van der Waals surface area (Å²) in [6, 6.07) is 7.86. The van der Waals surface area contributed by atoms with E-state index in [1.807, 2.05) is 24.3 Å². The lowest BCUT2D eigenvalue weighted by molar-refractivity contribution is 0.112. The monoisotopic (exact) mass is 252 g/mol. The molecule has 1 fully saturated rings. The smallest absolute Gasteiger partial charge is 0.150 e. The average Bonchev–Trinajstić information content (AvgIpc) is 2.44. The maximum atomic E-state index is 10.5. The molecule has 0 unspecified atom stereocenters. The third-order valence-electron chi connectivity index (χ3n) is 3.12. The summed E-state index contributed by atoms with van der Waals surface area (Å²) in [5.74, 6) is 0. The molecule has 0 bridgehead atoms. The molecule has 1 heterocycles. The average molecular weight is 252 g/mol. The highest BCUT2D eigenvalue weighted by Crippen LogP contribution is 2.08. The molecule has 0 spiro atoms. The zero-order valence-electron chi connectivity index (χ0n) is 11.1. The van der Waals surface area contributed by atoms with Crippen LogP contribution in [0, 0.1) is 0 Å². The Morgan fingerprint density at radius 2 is 1.67 bits per heavy atom. The number of rotatable bonds is 3. The Hall–Kier alpha value is -1.26. The van der Waals surface area contributed by atoms with E-state index in [2.05, 4.69) is 16.8 Å². The van der Waals surface area contributed by atoms with Gasteiger partial charge in [-0.25, -0.2) is 0 Å². The Labute approximate surface area is 108 Å². The van der Waals surface area contributed by atoms with Gasteiger partial charge in [0.15, 0.2) is 0 Å². The Kier molecular flexibility index (Phi) is 6.54. The molecule has 4 heteroatoms. The predicted molar refractivity (Wildman–Crippen MR) is 71.6 cm³/mol. The highest BCUT2D eigenvalue weighted by Gasteiger charge is 2.13. The highest BCUT2D eigenvalue weighted by molar-refractivity contribution is 5.74. The van der Waals surface area contributed by atoms with Crippen LogP contribution in [0.4, 0.5) is 4.39 Å². The van der Waals surface area contributed by atoms with Crippen molar-refractivity contribution in [2.45, 2.75) is 6.54 Å². The molecular formula is C14H21FN2O. The fourth-order valence-electron chi connectivity index (χ4n) is 1.97. The topological polar surface area (TPSA) is 23.6 Å². The van der Waals surface area contributed by atoms with Gasteiger partial charge >= 0.3 is 0 Å². The Balaban J connectivity index is 0.000000771. The Bertz CT molecular complexity index is 345. The molecule has 1 aromatic rings. The summed E-state index contributed by atoms with van der Waals surface area (Å²) >= 11 is 0. The van der Waals surface area contributed by atoms with Gasteiger partial charge < -0.3 is 4.90 Å². The van der Waals surface area contributed by atoms with Crippen molar-refractivity contribution >= 4 is 6.29 Å². The molecule has 1 aromatic carbocycles. The molecule has 1 aliphatic heterocycles. The number of carbonyl (C=O) groups is 1. The van der Waals surface area contributed by atoms with E-state index in [0.29, 0.717) is 7.18 Å². The number of benzene rings is 1. The summed E-state index contributed by atoms with van der Waals surface area (Å²) in [6.45, 7) is 5.55. The number of hydrogen-bond donors (Lipinski definition) is 0. The molecule has 3 nitrogen and oxygen atoms in total. The SMILES string of the molecule is CF.CN1CCN(Cc2ccc(C=O)cc2)CC1. The van der Waals surface area contributed by atoms with Gasteiger partial charge in [0.25, 0.3) is 0 Å². The van der Waals surface area contributed by atoms with Crippen LogP contribution in [-0.4, -0.2) is 56.5 Å². The minimum Gasteiger partial charge on any atom is -0.304 e. The number of carbonyl (C=O) groups excluding carboxylic acids is 1. The first-order chi connectivity index (χ1) is 8.78. The molecule has 18 heavy (non-hydrogen) atoms. The fourth-order valence-corrected chi connectivity index (χ4v) is 1.97. The van der Waals surface area contributed by atoms with E-state index in [1.165, 1.54) is 5.56 Å². The lowest BCUT2D eigenvalue weighted by atomic mass is 10.1. The predicted octanol–water partition coefficient (Wildman–Crippen LogP) is 1.83. The summed E-state index contributed by atoms with van der Waals surface area (Å²) in [7, 11) is 2.66. The number of aldehydes is 1. The first-order valence-corrected chi connectivity index (χ1v) is 6.11. The van der Waals surface area contributed by atoms with Crippen LogP contribution in [0.25, 0.3) is 0 Å². The zero-order chi connectivity index (χ0) is 13.4. The van der Waals surface area contributed by atoms with Gasteiger partial charge in [-0.15, -0.1) is 0 Å². The molecule has 2 rings (SSSR count). The van der Waals surface area contributed by atoms with Gasteiger partial charge in [-0.1, -0.05) is 24.3 Å². The maximum absolute atomic E-state index is 10.5. The summed E-state index contributed by atoms with van der Waals surface area (Å²) in [5.41, 5.74) is 2.04. The summed E-state index contributed by atoms with van der Waals surface area (Å²) in [5, 5.41) is 0. The minimum atomic E-state index is 0.500.